The lowest BCUT2D eigenvalue weighted by atomic mass is 9.92. The Bertz CT molecular complexity index is 397. The molecule has 0 spiro atoms. The van der Waals surface area contributed by atoms with Gasteiger partial charge in [0.15, 0.2) is 0 Å². The van der Waals surface area contributed by atoms with Crippen molar-refractivity contribution in [1.29, 1.82) is 0 Å². The van der Waals surface area contributed by atoms with Gasteiger partial charge >= 0.3 is 0 Å². The first-order valence-electron chi connectivity index (χ1n) is 9.03. The summed E-state index contributed by atoms with van der Waals surface area (Å²) in [6.45, 7) is 10.3. The van der Waals surface area contributed by atoms with E-state index in [9.17, 15) is 9.59 Å². The average molecular weight is 324 g/mol. The number of piperazine rings is 1. The second kappa shape index (κ2) is 8.64. The number of nitrogens with zero attached hydrogens (tertiary/aromatic N) is 3. The Hall–Kier alpha value is -1.14. The van der Waals surface area contributed by atoms with Crippen LogP contribution < -0.4 is 5.73 Å². The normalized spacial score (nSPS) is 22.2. The van der Waals surface area contributed by atoms with Crippen molar-refractivity contribution in [1.82, 2.24) is 14.7 Å². The van der Waals surface area contributed by atoms with Crippen molar-refractivity contribution >= 4 is 11.8 Å². The highest BCUT2D eigenvalue weighted by molar-refractivity contribution is 5.77. The fraction of sp³-hybridized carbons (Fsp3) is 0.882. The van der Waals surface area contributed by atoms with Crippen molar-refractivity contribution in [3.05, 3.63) is 0 Å². The summed E-state index contributed by atoms with van der Waals surface area (Å²) < 4.78 is 0. The van der Waals surface area contributed by atoms with Crippen molar-refractivity contribution in [3.63, 3.8) is 0 Å². The monoisotopic (exact) mass is 324 g/mol. The Kier molecular flexibility index (Phi) is 6.84. The van der Waals surface area contributed by atoms with Crippen LogP contribution in [0.2, 0.25) is 0 Å². The van der Waals surface area contributed by atoms with E-state index in [1.54, 1.807) is 0 Å². The smallest absolute Gasteiger partial charge is 0.224 e. The molecule has 0 aromatic heterocycles. The van der Waals surface area contributed by atoms with Gasteiger partial charge < -0.3 is 20.4 Å². The Morgan fingerprint density at radius 3 is 2.09 bits per heavy atom. The zero-order valence-corrected chi connectivity index (χ0v) is 14.7. The van der Waals surface area contributed by atoms with Gasteiger partial charge in [0.1, 0.15) is 0 Å². The molecule has 2 saturated heterocycles. The predicted octanol–water partition coefficient (Wildman–Crippen LogP) is 0.517. The number of hydrogen-bond acceptors (Lipinski definition) is 4. The molecule has 2 amide bonds. The largest absolute Gasteiger partial charge is 0.343 e. The van der Waals surface area contributed by atoms with Gasteiger partial charge in [0.05, 0.1) is 0 Å². The first-order chi connectivity index (χ1) is 11.0. The summed E-state index contributed by atoms with van der Waals surface area (Å²) in [5.41, 5.74) is 5.69. The highest BCUT2D eigenvalue weighted by Crippen LogP contribution is 2.22. The third-order valence-electron chi connectivity index (χ3n) is 5.10. The summed E-state index contributed by atoms with van der Waals surface area (Å²) >= 11 is 0. The summed E-state index contributed by atoms with van der Waals surface area (Å²) in [5, 5.41) is 0. The zero-order chi connectivity index (χ0) is 16.8. The maximum Gasteiger partial charge on any atom is 0.224 e. The van der Waals surface area contributed by atoms with Crippen molar-refractivity contribution in [3.8, 4) is 0 Å². The van der Waals surface area contributed by atoms with Crippen LogP contribution in [0.4, 0.5) is 0 Å². The number of nitrogens with two attached hydrogens (primary N) is 1. The molecular formula is C17H32N4O2. The standard InChI is InChI=1S/C17H32N4O2/c1-3-19-8-10-21(11-9-19)17(23)13-15-4-6-20(7-5-15)16(22)12-14(2)18/h14-15H,3-13,18H2,1-2H3. The SMILES string of the molecule is CCN1CCN(C(=O)CC2CCN(C(=O)CC(C)N)CC2)CC1. The van der Waals surface area contributed by atoms with E-state index in [0.717, 1.165) is 58.7 Å². The molecule has 2 heterocycles. The van der Waals surface area contributed by atoms with Crippen molar-refractivity contribution in [2.24, 2.45) is 11.7 Å². The summed E-state index contributed by atoms with van der Waals surface area (Å²) in [4.78, 5) is 30.7. The Morgan fingerprint density at radius 2 is 1.57 bits per heavy atom. The quantitative estimate of drug-likeness (QED) is 0.800. The average Bonchev–Trinajstić information content (AvgIpc) is 2.55. The van der Waals surface area contributed by atoms with E-state index < -0.39 is 0 Å². The molecule has 6 nitrogen and oxygen atoms in total. The molecule has 6 heteroatoms. The van der Waals surface area contributed by atoms with E-state index >= 15 is 0 Å². The van der Waals surface area contributed by atoms with Crippen LogP contribution in [-0.2, 0) is 9.59 Å². The maximum absolute atomic E-state index is 12.4. The second-order valence-electron chi connectivity index (χ2n) is 7.02. The second-order valence-corrected chi connectivity index (χ2v) is 7.02. The van der Waals surface area contributed by atoms with E-state index in [0.29, 0.717) is 24.7 Å². The van der Waals surface area contributed by atoms with Crippen molar-refractivity contribution < 1.29 is 9.59 Å². The molecule has 0 aromatic rings. The lowest BCUT2D eigenvalue weighted by Gasteiger charge is -2.36. The van der Waals surface area contributed by atoms with E-state index in [1.807, 2.05) is 16.7 Å². The highest BCUT2D eigenvalue weighted by atomic mass is 16.2. The number of amides is 2. The minimum absolute atomic E-state index is 0.0800. The van der Waals surface area contributed by atoms with E-state index in [1.165, 1.54) is 0 Å². The molecule has 1 unspecified atom stereocenters. The lowest BCUT2D eigenvalue weighted by Crippen LogP contribution is -2.49. The molecule has 0 aromatic carbocycles. The molecule has 0 saturated carbocycles. The molecule has 2 N–H and O–H groups in total. The first kappa shape index (κ1) is 18.2. The summed E-state index contributed by atoms with van der Waals surface area (Å²) in [6.07, 6.45) is 2.93. The summed E-state index contributed by atoms with van der Waals surface area (Å²) in [7, 11) is 0. The fourth-order valence-corrected chi connectivity index (χ4v) is 3.48. The molecule has 2 aliphatic heterocycles. The molecule has 132 valence electrons. The molecule has 0 aliphatic carbocycles. The van der Waals surface area contributed by atoms with Crippen molar-refractivity contribution in [2.75, 3.05) is 45.8 Å². The van der Waals surface area contributed by atoms with Gasteiger partial charge in [0.25, 0.3) is 0 Å². The van der Waals surface area contributed by atoms with Gasteiger partial charge in [-0.15, -0.1) is 0 Å². The van der Waals surface area contributed by atoms with Crippen LogP contribution in [0.5, 0.6) is 0 Å². The molecule has 2 rings (SSSR count). The molecule has 0 bridgehead atoms. The maximum atomic E-state index is 12.4. The third-order valence-corrected chi connectivity index (χ3v) is 5.10. The zero-order valence-electron chi connectivity index (χ0n) is 14.7. The topological polar surface area (TPSA) is 69.9 Å². The minimum Gasteiger partial charge on any atom is -0.343 e. The van der Waals surface area contributed by atoms with Gasteiger partial charge in [-0.2, -0.15) is 0 Å². The fourth-order valence-electron chi connectivity index (χ4n) is 3.48. The lowest BCUT2D eigenvalue weighted by molar-refractivity contribution is -0.135. The van der Waals surface area contributed by atoms with E-state index in [4.69, 9.17) is 5.73 Å². The Labute approximate surface area is 140 Å². The number of carbonyl (C=O) groups excluding carboxylic acids is 2. The van der Waals surface area contributed by atoms with Crippen LogP contribution in [0.1, 0.15) is 39.5 Å². The number of rotatable bonds is 5. The molecule has 2 aliphatic rings. The number of piperidine rings is 1. The first-order valence-corrected chi connectivity index (χ1v) is 9.03. The molecule has 23 heavy (non-hydrogen) atoms. The molecular weight excluding hydrogens is 292 g/mol. The number of carbonyl (C=O) groups is 2. The summed E-state index contributed by atoms with van der Waals surface area (Å²) in [5.74, 6) is 0.868. The predicted molar refractivity (Wildman–Crippen MR) is 90.9 cm³/mol. The number of likely N-dealkylation sites (N-methyl/N-ethyl adjacent to an activating group) is 1. The van der Waals surface area contributed by atoms with Crippen LogP contribution >= 0.6 is 0 Å². The van der Waals surface area contributed by atoms with Crippen LogP contribution in [0.15, 0.2) is 0 Å². The van der Waals surface area contributed by atoms with E-state index in [2.05, 4.69) is 11.8 Å². The minimum atomic E-state index is -0.0800. The van der Waals surface area contributed by atoms with Gasteiger partial charge in [0, 0.05) is 58.2 Å². The van der Waals surface area contributed by atoms with Gasteiger partial charge in [-0.05, 0) is 32.2 Å². The van der Waals surface area contributed by atoms with Crippen molar-refractivity contribution in [2.45, 2.75) is 45.6 Å². The van der Waals surface area contributed by atoms with Crippen LogP contribution in [0.3, 0.4) is 0 Å². The molecule has 1 atom stereocenters. The van der Waals surface area contributed by atoms with Crippen LogP contribution in [0, 0.1) is 5.92 Å². The summed E-state index contributed by atoms with van der Waals surface area (Å²) in [6, 6.07) is -0.0800. The molecule has 2 fully saturated rings. The third kappa shape index (κ3) is 5.46. The van der Waals surface area contributed by atoms with Crippen LogP contribution in [0.25, 0.3) is 0 Å². The highest BCUT2D eigenvalue weighted by Gasteiger charge is 2.27. The van der Waals surface area contributed by atoms with Gasteiger partial charge in [-0.3, -0.25) is 9.59 Å². The number of likely N-dealkylation sites (tertiary alicyclic amines) is 1. The molecule has 0 radical (unpaired) electrons. The van der Waals surface area contributed by atoms with Gasteiger partial charge in [-0.1, -0.05) is 6.92 Å². The Morgan fingerprint density at radius 1 is 1.00 bits per heavy atom. The van der Waals surface area contributed by atoms with E-state index in [-0.39, 0.29) is 11.9 Å². The van der Waals surface area contributed by atoms with Crippen LogP contribution in [-0.4, -0.2) is 78.4 Å². The van der Waals surface area contributed by atoms with Gasteiger partial charge in [-0.25, -0.2) is 0 Å². The van der Waals surface area contributed by atoms with Gasteiger partial charge in [0.2, 0.25) is 11.8 Å². The Balaban J connectivity index is 1.70. The number of hydrogen-bond donors (Lipinski definition) is 1.